The zero-order chi connectivity index (χ0) is 10.3. The standard InChI is InChI=1S/C9H11FN2O2/c1-12-8(10)7(4-11-12)5-2-6(3-5)9(13)14/h4-6H,2-3H2,1H3,(H,13,14). The Balaban J connectivity index is 2.06. The molecule has 14 heavy (non-hydrogen) atoms. The van der Waals surface area contributed by atoms with E-state index in [0.717, 1.165) is 0 Å². The molecule has 0 amide bonds. The lowest BCUT2D eigenvalue weighted by molar-refractivity contribution is -0.145. The molecule has 0 atom stereocenters. The lowest BCUT2D eigenvalue weighted by Gasteiger charge is -2.31. The minimum atomic E-state index is -0.787. The number of carbonyl (C=O) groups is 1. The maximum atomic E-state index is 13.3. The van der Waals surface area contributed by atoms with Crippen LogP contribution in [0.2, 0.25) is 0 Å². The van der Waals surface area contributed by atoms with Crippen molar-refractivity contribution in [2.24, 2.45) is 13.0 Å². The van der Waals surface area contributed by atoms with Gasteiger partial charge >= 0.3 is 5.97 Å². The van der Waals surface area contributed by atoms with E-state index in [9.17, 15) is 9.18 Å². The number of aryl methyl sites for hydroxylation is 1. The Morgan fingerprint density at radius 3 is 2.79 bits per heavy atom. The number of nitrogens with zero attached hydrogens (tertiary/aromatic N) is 2. The van der Waals surface area contributed by atoms with E-state index in [0.29, 0.717) is 18.4 Å². The molecule has 1 aliphatic carbocycles. The van der Waals surface area contributed by atoms with Crippen LogP contribution in [0.1, 0.15) is 24.3 Å². The van der Waals surface area contributed by atoms with Crippen molar-refractivity contribution in [2.75, 3.05) is 0 Å². The molecule has 5 heteroatoms. The summed E-state index contributed by atoms with van der Waals surface area (Å²) in [6.45, 7) is 0. The van der Waals surface area contributed by atoms with Crippen LogP contribution in [0.4, 0.5) is 4.39 Å². The van der Waals surface area contributed by atoms with Crippen molar-refractivity contribution in [1.29, 1.82) is 0 Å². The van der Waals surface area contributed by atoms with Crippen LogP contribution >= 0.6 is 0 Å². The molecule has 1 N–H and O–H groups in total. The van der Waals surface area contributed by atoms with E-state index >= 15 is 0 Å². The van der Waals surface area contributed by atoms with Gasteiger partial charge in [-0.15, -0.1) is 0 Å². The van der Waals surface area contributed by atoms with Crippen LogP contribution < -0.4 is 0 Å². The van der Waals surface area contributed by atoms with Gasteiger partial charge < -0.3 is 5.11 Å². The van der Waals surface area contributed by atoms with Gasteiger partial charge in [-0.1, -0.05) is 0 Å². The molecule has 0 radical (unpaired) electrons. The molecular weight excluding hydrogens is 187 g/mol. The highest BCUT2D eigenvalue weighted by molar-refractivity contribution is 5.71. The third-order valence-corrected chi connectivity index (χ3v) is 2.82. The number of halogens is 1. The van der Waals surface area contributed by atoms with E-state index in [1.54, 1.807) is 0 Å². The normalized spacial score (nSPS) is 25.9. The topological polar surface area (TPSA) is 55.1 Å². The minimum Gasteiger partial charge on any atom is -0.481 e. The fourth-order valence-corrected chi connectivity index (χ4v) is 1.79. The molecule has 0 bridgehead atoms. The molecule has 1 aliphatic rings. The highest BCUT2D eigenvalue weighted by atomic mass is 19.1. The minimum absolute atomic E-state index is 0.0322. The monoisotopic (exact) mass is 198 g/mol. The quantitative estimate of drug-likeness (QED) is 0.775. The molecule has 1 aromatic rings. The van der Waals surface area contributed by atoms with Crippen LogP contribution in [-0.2, 0) is 11.8 Å². The van der Waals surface area contributed by atoms with Gasteiger partial charge in [-0.3, -0.25) is 4.79 Å². The molecule has 1 aromatic heterocycles. The molecule has 76 valence electrons. The van der Waals surface area contributed by atoms with Gasteiger partial charge in [0.1, 0.15) is 0 Å². The van der Waals surface area contributed by atoms with Crippen LogP contribution in [0.3, 0.4) is 0 Å². The molecule has 2 rings (SSSR count). The van der Waals surface area contributed by atoms with Gasteiger partial charge in [0.25, 0.3) is 0 Å². The second kappa shape index (κ2) is 3.08. The van der Waals surface area contributed by atoms with E-state index in [1.165, 1.54) is 17.9 Å². The summed E-state index contributed by atoms with van der Waals surface area (Å²) in [6.07, 6.45) is 2.54. The van der Waals surface area contributed by atoms with Crippen molar-refractivity contribution < 1.29 is 14.3 Å². The van der Waals surface area contributed by atoms with Gasteiger partial charge in [0.05, 0.1) is 12.1 Å². The second-order valence-electron chi connectivity index (χ2n) is 3.72. The number of hydrogen-bond donors (Lipinski definition) is 1. The Morgan fingerprint density at radius 1 is 1.71 bits per heavy atom. The molecule has 0 aliphatic heterocycles. The van der Waals surface area contributed by atoms with E-state index in [2.05, 4.69) is 5.10 Å². The third-order valence-electron chi connectivity index (χ3n) is 2.82. The molecule has 0 unspecified atom stereocenters. The first kappa shape index (κ1) is 9.18. The number of aliphatic carboxylic acids is 1. The fraction of sp³-hybridized carbons (Fsp3) is 0.556. The van der Waals surface area contributed by atoms with Crippen LogP contribution in [0.25, 0.3) is 0 Å². The fourth-order valence-electron chi connectivity index (χ4n) is 1.79. The molecule has 0 saturated heterocycles. The highest BCUT2D eigenvalue weighted by Crippen LogP contribution is 2.42. The third kappa shape index (κ3) is 1.29. The predicted octanol–water partition coefficient (Wildman–Crippen LogP) is 1.14. The summed E-state index contributed by atoms with van der Waals surface area (Å²) in [5.74, 6) is -1.41. The average molecular weight is 198 g/mol. The summed E-state index contributed by atoms with van der Waals surface area (Å²) >= 11 is 0. The van der Waals surface area contributed by atoms with Gasteiger partial charge in [0, 0.05) is 12.6 Å². The van der Waals surface area contributed by atoms with Crippen LogP contribution in [0.15, 0.2) is 6.20 Å². The van der Waals surface area contributed by atoms with Crippen molar-refractivity contribution in [3.8, 4) is 0 Å². The number of aromatic nitrogens is 2. The Labute approximate surface area is 80.3 Å². The van der Waals surface area contributed by atoms with Crippen molar-refractivity contribution in [3.63, 3.8) is 0 Å². The Morgan fingerprint density at radius 2 is 2.36 bits per heavy atom. The Bertz CT molecular complexity index is 369. The molecule has 1 heterocycles. The van der Waals surface area contributed by atoms with Gasteiger partial charge in [0.15, 0.2) is 0 Å². The number of carboxylic acids is 1. The number of hydrogen-bond acceptors (Lipinski definition) is 2. The van der Waals surface area contributed by atoms with E-state index in [1.807, 2.05) is 0 Å². The Kier molecular flexibility index (Phi) is 2.02. The molecule has 1 saturated carbocycles. The second-order valence-corrected chi connectivity index (χ2v) is 3.72. The summed E-state index contributed by atoms with van der Waals surface area (Å²) in [6, 6.07) is 0. The van der Waals surface area contributed by atoms with Crippen LogP contribution in [0, 0.1) is 11.9 Å². The number of carboxylic acid groups (broad SMARTS) is 1. The zero-order valence-corrected chi connectivity index (χ0v) is 7.77. The van der Waals surface area contributed by atoms with Gasteiger partial charge in [0.2, 0.25) is 5.95 Å². The van der Waals surface area contributed by atoms with Crippen molar-refractivity contribution in [1.82, 2.24) is 9.78 Å². The molecule has 4 nitrogen and oxygen atoms in total. The van der Waals surface area contributed by atoms with E-state index in [-0.39, 0.29) is 17.8 Å². The van der Waals surface area contributed by atoms with Gasteiger partial charge in [-0.25, -0.2) is 4.68 Å². The molecule has 0 spiro atoms. The first-order valence-corrected chi connectivity index (χ1v) is 4.49. The Hall–Kier alpha value is -1.39. The van der Waals surface area contributed by atoms with E-state index in [4.69, 9.17) is 5.11 Å². The molecular formula is C9H11FN2O2. The summed E-state index contributed by atoms with van der Waals surface area (Å²) in [5.41, 5.74) is 0.546. The summed E-state index contributed by atoms with van der Waals surface area (Å²) in [4.78, 5) is 10.5. The number of rotatable bonds is 2. The van der Waals surface area contributed by atoms with Crippen molar-refractivity contribution >= 4 is 5.97 Å². The summed E-state index contributed by atoms with van der Waals surface area (Å²) < 4.78 is 14.5. The summed E-state index contributed by atoms with van der Waals surface area (Å²) in [5, 5.41) is 12.4. The van der Waals surface area contributed by atoms with Crippen LogP contribution in [0.5, 0.6) is 0 Å². The smallest absolute Gasteiger partial charge is 0.306 e. The maximum absolute atomic E-state index is 13.3. The predicted molar refractivity (Wildman–Crippen MR) is 46.3 cm³/mol. The van der Waals surface area contributed by atoms with Gasteiger partial charge in [-0.2, -0.15) is 9.49 Å². The molecule has 0 aromatic carbocycles. The average Bonchev–Trinajstić information content (AvgIpc) is 2.32. The van der Waals surface area contributed by atoms with Crippen molar-refractivity contribution in [3.05, 3.63) is 17.7 Å². The van der Waals surface area contributed by atoms with Gasteiger partial charge in [-0.05, 0) is 18.8 Å². The van der Waals surface area contributed by atoms with Crippen LogP contribution in [-0.4, -0.2) is 20.9 Å². The largest absolute Gasteiger partial charge is 0.481 e. The molecule has 1 fully saturated rings. The lowest BCUT2D eigenvalue weighted by Crippen LogP contribution is -2.29. The van der Waals surface area contributed by atoms with E-state index < -0.39 is 5.97 Å². The first-order chi connectivity index (χ1) is 6.59. The van der Waals surface area contributed by atoms with Crippen molar-refractivity contribution in [2.45, 2.75) is 18.8 Å². The first-order valence-electron chi connectivity index (χ1n) is 4.49. The maximum Gasteiger partial charge on any atom is 0.306 e. The zero-order valence-electron chi connectivity index (χ0n) is 7.77. The SMILES string of the molecule is Cn1ncc(C2CC(C(=O)O)C2)c1F. The summed E-state index contributed by atoms with van der Waals surface area (Å²) in [7, 11) is 1.53. The highest BCUT2D eigenvalue weighted by Gasteiger charge is 2.37. The lowest BCUT2D eigenvalue weighted by atomic mass is 9.72.